The monoisotopic (exact) mass is 724 g/mol. The third-order valence-corrected chi connectivity index (χ3v) is 10.0. The maximum Gasteiger partial charge on any atom is 0.262 e. The molecule has 1 aliphatic heterocycles. The summed E-state index contributed by atoms with van der Waals surface area (Å²) < 4.78 is 7.29. The highest BCUT2D eigenvalue weighted by Gasteiger charge is 2.49. The molecule has 0 saturated heterocycles. The van der Waals surface area contributed by atoms with Crippen LogP contribution in [-0.2, 0) is 14.4 Å². The van der Waals surface area contributed by atoms with Gasteiger partial charge in [-0.1, -0.05) is 52.3 Å². The quantitative estimate of drug-likeness (QED) is 0.309. The van der Waals surface area contributed by atoms with Crippen molar-refractivity contribution in [1.29, 1.82) is 0 Å². The van der Waals surface area contributed by atoms with E-state index < -0.39 is 5.92 Å². The smallest absolute Gasteiger partial charge is 0.262 e. The molecule has 0 saturated carbocycles. The number of ether oxygens (including phenoxy) is 1. The van der Waals surface area contributed by atoms with Gasteiger partial charge in [0.2, 0.25) is 0 Å². The Morgan fingerprint density at radius 3 is 1.95 bits per heavy atom. The van der Waals surface area contributed by atoms with Crippen molar-refractivity contribution in [3.63, 3.8) is 0 Å². The number of nitrogens with one attached hydrogen (secondary N) is 1. The van der Waals surface area contributed by atoms with Crippen molar-refractivity contribution in [2.24, 2.45) is 10.8 Å². The Morgan fingerprint density at radius 2 is 1.45 bits per heavy atom. The zero-order chi connectivity index (χ0) is 32.1. The minimum absolute atomic E-state index is 0.113. The third kappa shape index (κ3) is 6.48. The van der Waals surface area contributed by atoms with Crippen LogP contribution in [0.15, 0.2) is 61.8 Å². The van der Waals surface area contributed by atoms with Gasteiger partial charge >= 0.3 is 0 Å². The average molecular weight is 727 g/mol. The van der Waals surface area contributed by atoms with E-state index in [-0.39, 0.29) is 34.9 Å². The molecule has 0 radical (unpaired) electrons. The molecule has 8 heteroatoms. The van der Waals surface area contributed by atoms with Crippen LogP contribution < -0.4 is 10.1 Å². The SMILES string of the molecule is CCCN1C2=C(C(=O)CC(C)(C)C2)C(c2cc(Br)c(OCC(=O)Nc3ccc(C)cc3C)c(Br)c2)C2=C1CC(C)(C)CC2=O. The minimum atomic E-state index is -0.449. The van der Waals surface area contributed by atoms with Crippen molar-refractivity contribution in [1.82, 2.24) is 4.90 Å². The van der Waals surface area contributed by atoms with Crippen LogP contribution in [-0.4, -0.2) is 35.5 Å². The van der Waals surface area contributed by atoms with Gasteiger partial charge < -0.3 is 15.0 Å². The van der Waals surface area contributed by atoms with Crippen LogP contribution in [0.2, 0.25) is 0 Å². The van der Waals surface area contributed by atoms with Gasteiger partial charge in [0.05, 0.1) is 8.95 Å². The topological polar surface area (TPSA) is 75.7 Å². The first-order valence-electron chi connectivity index (χ1n) is 15.4. The van der Waals surface area contributed by atoms with Gasteiger partial charge in [-0.25, -0.2) is 0 Å². The summed E-state index contributed by atoms with van der Waals surface area (Å²) in [4.78, 5) is 43.1. The van der Waals surface area contributed by atoms with E-state index in [4.69, 9.17) is 4.74 Å². The molecule has 2 aliphatic carbocycles. The second-order valence-electron chi connectivity index (χ2n) is 14.2. The summed E-state index contributed by atoms with van der Waals surface area (Å²) in [7, 11) is 0. The van der Waals surface area contributed by atoms with Gasteiger partial charge in [0, 0.05) is 53.5 Å². The number of rotatable bonds is 7. The number of hydrogen-bond acceptors (Lipinski definition) is 5. The van der Waals surface area contributed by atoms with E-state index >= 15 is 0 Å². The highest BCUT2D eigenvalue weighted by molar-refractivity contribution is 9.11. The van der Waals surface area contributed by atoms with Crippen molar-refractivity contribution in [2.45, 2.75) is 86.5 Å². The van der Waals surface area contributed by atoms with E-state index in [2.05, 4.69) is 76.7 Å². The molecule has 0 bridgehead atoms. The van der Waals surface area contributed by atoms with E-state index in [1.807, 2.05) is 44.2 Å². The zero-order valence-corrected chi connectivity index (χ0v) is 29.9. The second-order valence-corrected chi connectivity index (χ2v) is 15.9. The molecule has 0 unspecified atom stereocenters. The number of ketones is 2. The van der Waals surface area contributed by atoms with Gasteiger partial charge in [0.25, 0.3) is 5.91 Å². The van der Waals surface area contributed by atoms with Crippen LogP contribution >= 0.6 is 31.9 Å². The van der Waals surface area contributed by atoms with Crippen LogP contribution in [0.3, 0.4) is 0 Å². The molecule has 0 fully saturated rings. The number of amides is 1. The van der Waals surface area contributed by atoms with E-state index in [0.29, 0.717) is 27.5 Å². The number of Topliss-reactive ketones (excluding diaryl/α,β-unsaturated/α-hetero) is 2. The van der Waals surface area contributed by atoms with Crippen molar-refractivity contribution in [2.75, 3.05) is 18.5 Å². The summed E-state index contributed by atoms with van der Waals surface area (Å²) in [6.45, 7) is 15.3. The van der Waals surface area contributed by atoms with Crippen LogP contribution in [0, 0.1) is 24.7 Å². The Morgan fingerprint density at radius 1 is 0.909 bits per heavy atom. The van der Waals surface area contributed by atoms with Gasteiger partial charge in [-0.2, -0.15) is 0 Å². The zero-order valence-electron chi connectivity index (χ0n) is 26.7. The normalized spacial score (nSPS) is 19.6. The first-order chi connectivity index (χ1) is 20.6. The Bertz CT molecular complexity index is 1540. The number of carbonyl (C=O) groups excluding carboxylic acids is 3. The Labute approximate surface area is 277 Å². The van der Waals surface area contributed by atoms with Gasteiger partial charge in [-0.15, -0.1) is 0 Å². The number of nitrogens with zero attached hydrogens (tertiary/aromatic N) is 1. The number of halogens is 2. The molecular formula is C36H42Br2N2O4. The van der Waals surface area contributed by atoms with E-state index in [1.54, 1.807) is 0 Å². The van der Waals surface area contributed by atoms with E-state index in [1.165, 1.54) is 0 Å². The lowest BCUT2D eigenvalue weighted by Crippen LogP contribution is -2.44. The molecule has 1 amide bonds. The lowest BCUT2D eigenvalue weighted by Gasteiger charge is -2.49. The van der Waals surface area contributed by atoms with Gasteiger partial charge in [-0.05, 0) is 105 Å². The highest BCUT2D eigenvalue weighted by Crippen LogP contribution is 2.55. The summed E-state index contributed by atoms with van der Waals surface area (Å²) in [5.41, 5.74) is 7.05. The van der Waals surface area contributed by atoms with Crippen LogP contribution in [0.1, 0.15) is 89.3 Å². The van der Waals surface area contributed by atoms with Gasteiger partial charge in [-0.3, -0.25) is 14.4 Å². The predicted octanol–water partition coefficient (Wildman–Crippen LogP) is 8.94. The fourth-order valence-electron chi connectivity index (χ4n) is 7.04. The molecule has 44 heavy (non-hydrogen) atoms. The first kappa shape index (κ1) is 32.7. The van der Waals surface area contributed by atoms with Gasteiger partial charge in [0.15, 0.2) is 18.2 Å². The van der Waals surface area contributed by atoms with E-state index in [9.17, 15) is 14.4 Å². The van der Waals surface area contributed by atoms with Crippen molar-refractivity contribution in [3.05, 3.63) is 78.5 Å². The number of hydrogen-bond donors (Lipinski definition) is 1. The molecule has 234 valence electrons. The van der Waals surface area contributed by atoms with Crippen molar-refractivity contribution >= 4 is 55.0 Å². The molecule has 2 aromatic carbocycles. The van der Waals surface area contributed by atoms with Crippen LogP contribution in [0.25, 0.3) is 0 Å². The molecule has 0 aromatic heterocycles. The molecule has 0 spiro atoms. The molecule has 3 aliphatic rings. The molecule has 1 N–H and O–H groups in total. The molecule has 5 rings (SSSR count). The summed E-state index contributed by atoms with van der Waals surface area (Å²) in [5, 5.41) is 2.92. The number of benzene rings is 2. The minimum Gasteiger partial charge on any atom is -0.481 e. The Balaban J connectivity index is 1.52. The largest absolute Gasteiger partial charge is 0.481 e. The van der Waals surface area contributed by atoms with Crippen molar-refractivity contribution < 1.29 is 19.1 Å². The second kappa shape index (κ2) is 12.2. The molecule has 1 heterocycles. The lowest BCUT2D eigenvalue weighted by atomic mass is 9.63. The molecule has 6 nitrogen and oxygen atoms in total. The maximum absolute atomic E-state index is 14.0. The van der Waals surface area contributed by atoms with Gasteiger partial charge in [0.1, 0.15) is 5.75 Å². The fourth-order valence-corrected chi connectivity index (χ4v) is 8.49. The lowest BCUT2D eigenvalue weighted by molar-refractivity contribution is -0.120. The predicted molar refractivity (Wildman–Crippen MR) is 182 cm³/mol. The molecule has 2 aromatic rings. The van der Waals surface area contributed by atoms with Crippen molar-refractivity contribution in [3.8, 4) is 5.75 Å². The number of anilines is 1. The van der Waals surface area contributed by atoms with E-state index in [0.717, 1.165) is 70.7 Å². The first-order valence-corrected chi connectivity index (χ1v) is 17.0. The maximum atomic E-state index is 14.0. The molecular weight excluding hydrogens is 684 g/mol. The number of carbonyl (C=O) groups is 3. The number of allylic oxidation sites excluding steroid dienone is 4. The third-order valence-electron chi connectivity index (χ3n) is 8.83. The Hall–Kier alpha value is -2.71. The summed E-state index contributed by atoms with van der Waals surface area (Å²) in [5.74, 6) is 0.00115. The number of aryl methyl sites for hydroxylation is 2. The average Bonchev–Trinajstić information content (AvgIpc) is 2.89. The summed E-state index contributed by atoms with van der Waals surface area (Å²) in [6.07, 6.45) is 3.39. The van der Waals surface area contributed by atoms with Crippen LogP contribution in [0.5, 0.6) is 5.75 Å². The summed E-state index contributed by atoms with van der Waals surface area (Å²) in [6, 6.07) is 9.75. The summed E-state index contributed by atoms with van der Waals surface area (Å²) >= 11 is 7.36. The molecule has 0 atom stereocenters. The standard InChI is InChI=1S/C36H42Br2N2O4/c1-8-11-40-26-15-35(4,5)17-28(41)32(26)31(33-27(40)16-36(6,7)18-29(33)42)22-13-23(37)34(24(38)14-22)44-19-30(43)39-25-10-9-20(2)12-21(25)3/h9-10,12-14,31H,8,11,15-19H2,1-7H3,(H,39,43). The van der Waals surface area contributed by atoms with Crippen LogP contribution in [0.4, 0.5) is 5.69 Å². The highest BCUT2D eigenvalue weighted by atomic mass is 79.9. The Kier molecular flexibility index (Phi) is 9.09. The fraction of sp³-hybridized carbons (Fsp3) is 0.472.